The lowest BCUT2D eigenvalue weighted by Crippen LogP contribution is -2.40. The predicted octanol–water partition coefficient (Wildman–Crippen LogP) is 4.05. The topological polar surface area (TPSA) is 55.6 Å². The number of carbonyl (C=O) groups excluding carboxylic acids is 1. The van der Waals surface area contributed by atoms with Crippen LogP contribution in [0.5, 0.6) is 11.5 Å². The fraction of sp³-hybridized carbons (Fsp3) is 0.316. The number of nitrogens with zero attached hydrogens (tertiary/aromatic N) is 1. The Bertz CT molecular complexity index is 712. The maximum Gasteiger partial charge on any atom is 0.257 e. The summed E-state index contributed by atoms with van der Waals surface area (Å²) in [6.45, 7) is 2.21. The number of amides is 1. The Morgan fingerprint density at radius 1 is 1.17 bits per heavy atom. The van der Waals surface area contributed by atoms with Crippen LogP contribution in [0.25, 0.3) is 0 Å². The van der Waals surface area contributed by atoms with E-state index in [1.165, 1.54) is 0 Å². The molecule has 0 unspecified atom stereocenters. The van der Waals surface area contributed by atoms with E-state index in [2.05, 4.69) is 15.9 Å². The number of ether oxygens (including phenoxy) is 1. The monoisotopic (exact) mass is 388 g/mol. The molecule has 0 saturated carbocycles. The van der Waals surface area contributed by atoms with Gasteiger partial charge >= 0.3 is 0 Å². The molecule has 0 spiro atoms. The van der Waals surface area contributed by atoms with E-state index in [4.69, 9.17) is 10.5 Å². The van der Waals surface area contributed by atoms with Crippen LogP contribution in [0.4, 0.5) is 0 Å². The Labute approximate surface area is 150 Å². The normalized spacial score (nSPS) is 15.3. The molecule has 2 N–H and O–H groups in total. The molecule has 0 aliphatic carbocycles. The van der Waals surface area contributed by atoms with Crippen molar-refractivity contribution in [2.24, 2.45) is 11.7 Å². The van der Waals surface area contributed by atoms with Crippen LogP contribution in [0.2, 0.25) is 0 Å². The summed E-state index contributed by atoms with van der Waals surface area (Å²) in [5, 5.41) is 0. The van der Waals surface area contributed by atoms with Crippen LogP contribution < -0.4 is 10.5 Å². The van der Waals surface area contributed by atoms with Gasteiger partial charge in [-0.1, -0.05) is 34.1 Å². The predicted molar refractivity (Wildman–Crippen MR) is 98.3 cm³/mol. The van der Waals surface area contributed by atoms with E-state index in [1.807, 2.05) is 53.4 Å². The van der Waals surface area contributed by atoms with Crippen LogP contribution in [0, 0.1) is 5.92 Å². The van der Waals surface area contributed by atoms with Crippen molar-refractivity contribution in [3.63, 3.8) is 0 Å². The molecule has 1 amide bonds. The van der Waals surface area contributed by atoms with E-state index in [0.29, 0.717) is 29.5 Å². The largest absolute Gasteiger partial charge is 0.456 e. The first kappa shape index (κ1) is 17.0. The molecule has 126 valence electrons. The smallest absolute Gasteiger partial charge is 0.257 e. The average Bonchev–Trinajstić information content (AvgIpc) is 2.62. The van der Waals surface area contributed by atoms with Gasteiger partial charge in [-0.3, -0.25) is 4.79 Å². The number of likely N-dealkylation sites (tertiary alicyclic amines) is 1. The second-order valence-electron chi connectivity index (χ2n) is 6.03. The van der Waals surface area contributed by atoms with Crippen LogP contribution >= 0.6 is 15.9 Å². The highest BCUT2D eigenvalue weighted by Gasteiger charge is 2.24. The van der Waals surface area contributed by atoms with Crippen molar-refractivity contribution in [3.05, 3.63) is 58.6 Å². The Kier molecular flexibility index (Phi) is 5.53. The first-order valence-corrected chi connectivity index (χ1v) is 8.98. The molecule has 24 heavy (non-hydrogen) atoms. The molecule has 5 heteroatoms. The molecule has 1 fully saturated rings. The van der Waals surface area contributed by atoms with Crippen molar-refractivity contribution >= 4 is 21.8 Å². The van der Waals surface area contributed by atoms with E-state index in [1.54, 1.807) is 0 Å². The van der Waals surface area contributed by atoms with E-state index in [0.717, 1.165) is 30.4 Å². The van der Waals surface area contributed by atoms with Crippen molar-refractivity contribution in [1.82, 2.24) is 4.90 Å². The Balaban J connectivity index is 1.77. The van der Waals surface area contributed by atoms with Crippen LogP contribution in [0.3, 0.4) is 0 Å². The number of hydrogen-bond donors (Lipinski definition) is 1. The maximum absolute atomic E-state index is 12.9. The lowest BCUT2D eigenvalue weighted by Gasteiger charge is -2.31. The number of rotatable bonds is 4. The lowest BCUT2D eigenvalue weighted by molar-refractivity contribution is 0.0691. The van der Waals surface area contributed by atoms with Crippen molar-refractivity contribution in [1.29, 1.82) is 0 Å². The SMILES string of the molecule is NCC1CCN(C(=O)c2ccccc2Oc2cccc(Br)c2)CC1. The van der Waals surface area contributed by atoms with Gasteiger partial charge in [-0.15, -0.1) is 0 Å². The van der Waals surface area contributed by atoms with Crippen molar-refractivity contribution in [2.75, 3.05) is 19.6 Å². The summed E-state index contributed by atoms with van der Waals surface area (Å²) < 4.78 is 6.88. The third-order valence-corrected chi connectivity index (χ3v) is 4.87. The molecule has 1 saturated heterocycles. The molecule has 2 aromatic rings. The number of halogens is 1. The molecule has 1 heterocycles. The number of para-hydroxylation sites is 1. The molecular weight excluding hydrogens is 368 g/mol. The summed E-state index contributed by atoms with van der Waals surface area (Å²) in [6.07, 6.45) is 1.94. The minimum absolute atomic E-state index is 0.0241. The van der Waals surface area contributed by atoms with Gasteiger partial charge in [-0.05, 0) is 55.6 Å². The molecule has 1 aliphatic heterocycles. The maximum atomic E-state index is 12.9. The van der Waals surface area contributed by atoms with E-state index < -0.39 is 0 Å². The van der Waals surface area contributed by atoms with E-state index in [9.17, 15) is 4.79 Å². The van der Waals surface area contributed by atoms with Crippen molar-refractivity contribution < 1.29 is 9.53 Å². The minimum Gasteiger partial charge on any atom is -0.456 e. The quantitative estimate of drug-likeness (QED) is 0.858. The summed E-state index contributed by atoms with van der Waals surface area (Å²) in [4.78, 5) is 14.8. The lowest BCUT2D eigenvalue weighted by atomic mass is 9.96. The van der Waals surface area contributed by atoms with Crippen LogP contribution in [-0.4, -0.2) is 30.4 Å². The summed E-state index contributed by atoms with van der Waals surface area (Å²) in [5.74, 6) is 1.84. The van der Waals surface area contributed by atoms with Gasteiger partial charge in [0.15, 0.2) is 0 Å². The second kappa shape index (κ2) is 7.81. The van der Waals surface area contributed by atoms with E-state index in [-0.39, 0.29) is 5.91 Å². The van der Waals surface area contributed by atoms with Crippen molar-refractivity contribution in [3.8, 4) is 11.5 Å². The third-order valence-electron chi connectivity index (χ3n) is 4.38. The molecule has 0 atom stereocenters. The second-order valence-corrected chi connectivity index (χ2v) is 6.94. The summed E-state index contributed by atoms with van der Waals surface area (Å²) in [7, 11) is 0. The third kappa shape index (κ3) is 3.97. The van der Waals surface area contributed by atoms with Gasteiger partial charge in [-0.25, -0.2) is 0 Å². The first-order valence-electron chi connectivity index (χ1n) is 8.19. The number of piperidine rings is 1. The van der Waals surface area contributed by atoms with Crippen LogP contribution in [0.15, 0.2) is 53.0 Å². The fourth-order valence-corrected chi connectivity index (χ4v) is 3.31. The molecule has 0 radical (unpaired) electrons. The molecule has 0 bridgehead atoms. The van der Waals surface area contributed by atoms with Gasteiger partial charge in [0.1, 0.15) is 11.5 Å². The highest BCUT2D eigenvalue weighted by atomic mass is 79.9. The Hall–Kier alpha value is -1.85. The van der Waals surface area contributed by atoms with Crippen LogP contribution in [0.1, 0.15) is 23.2 Å². The van der Waals surface area contributed by atoms with Crippen molar-refractivity contribution in [2.45, 2.75) is 12.8 Å². The van der Waals surface area contributed by atoms with Gasteiger partial charge in [0.2, 0.25) is 0 Å². The van der Waals surface area contributed by atoms with Gasteiger partial charge in [-0.2, -0.15) is 0 Å². The summed E-state index contributed by atoms with van der Waals surface area (Å²) in [6, 6.07) is 15.0. The molecule has 1 aliphatic rings. The summed E-state index contributed by atoms with van der Waals surface area (Å²) in [5.41, 5.74) is 6.33. The summed E-state index contributed by atoms with van der Waals surface area (Å²) >= 11 is 3.43. The Morgan fingerprint density at radius 2 is 1.92 bits per heavy atom. The van der Waals surface area contributed by atoms with E-state index >= 15 is 0 Å². The molecule has 2 aromatic carbocycles. The first-order chi connectivity index (χ1) is 11.7. The molecular formula is C19H21BrN2O2. The zero-order valence-corrected chi connectivity index (χ0v) is 15.0. The highest BCUT2D eigenvalue weighted by molar-refractivity contribution is 9.10. The molecule has 0 aromatic heterocycles. The van der Waals surface area contributed by atoms with Gasteiger partial charge in [0.25, 0.3) is 5.91 Å². The Morgan fingerprint density at radius 3 is 2.62 bits per heavy atom. The number of carbonyl (C=O) groups is 1. The molecule has 3 rings (SSSR count). The zero-order chi connectivity index (χ0) is 16.9. The minimum atomic E-state index is 0.0241. The zero-order valence-electron chi connectivity index (χ0n) is 13.5. The number of nitrogens with two attached hydrogens (primary N) is 1. The van der Waals surface area contributed by atoms with Gasteiger partial charge < -0.3 is 15.4 Å². The van der Waals surface area contributed by atoms with Gasteiger partial charge in [0, 0.05) is 17.6 Å². The molecule has 4 nitrogen and oxygen atoms in total. The number of benzene rings is 2. The number of hydrogen-bond acceptors (Lipinski definition) is 3. The van der Waals surface area contributed by atoms with Gasteiger partial charge in [0.05, 0.1) is 5.56 Å². The fourth-order valence-electron chi connectivity index (χ4n) is 2.93. The average molecular weight is 389 g/mol. The van der Waals surface area contributed by atoms with Crippen LogP contribution in [-0.2, 0) is 0 Å². The standard InChI is InChI=1S/C19H21BrN2O2/c20-15-4-3-5-16(12-15)24-18-7-2-1-6-17(18)19(23)22-10-8-14(13-21)9-11-22/h1-7,12,14H,8-11,13,21H2. The highest BCUT2D eigenvalue weighted by Crippen LogP contribution is 2.29.